The first-order valence-electron chi connectivity index (χ1n) is 6.06. The average Bonchev–Trinajstić information content (AvgIpc) is 2.34. The van der Waals surface area contributed by atoms with Gasteiger partial charge in [-0.1, -0.05) is 31.0 Å². The smallest absolute Gasteiger partial charge is 0.329 e. The fourth-order valence-corrected chi connectivity index (χ4v) is 1.95. The van der Waals surface area contributed by atoms with E-state index in [9.17, 15) is 14.0 Å². The first-order valence-corrected chi connectivity index (χ1v) is 6.44. The molecule has 0 heterocycles. The minimum Gasteiger partial charge on any atom is -0.480 e. The van der Waals surface area contributed by atoms with Crippen molar-refractivity contribution >= 4 is 29.3 Å². The zero-order valence-corrected chi connectivity index (χ0v) is 11.9. The van der Waals surface area contributed by atoms with Gasteiger partial charge < -0.3 is 15.7 Å². The van der Waals surface area contributed by atoms with Crippen LogP contribution < -0.4 is 10.6 Å². The molecule has 0 radical (unpaired) electrons. The minimum atomic E-state index is -1.42. The third kappa shape index (κ3) is 3.84. The molecular formula is C13H16ClFN2O3. The van der Waals surface area contributed by atoms with Gasteiger partial charge in [-0.3, -0.25) is 0 Å². The Morgan fingerprint density at radius 1 is 1.45 bits per heavy atom. The number of carboxylic acids is 1. The lowest BCUT2D eigenvalue weighted by Crippen LogP contribution is -2.53. The molecule has 0 spiro atoms. The number of carboxylic acid groups (broad SMARTS) is 1. The van der Waals surface area contributed by atoms with Crippen molar-refractivity contribution in [2.24, 2.45) is 0 Å². The molecule has 1 unspecified atom stereocenters. The summed E-state index contributed by atoms with van der Waals surface area (Å²) in [5.74, 6) is -1.85. The van der Waals surface area contributed by atoms with Crippen molar-refractivity contribution in [3.05, 3.63) is 29.0 Å². The molecule has 5 nitrogen and oxygen atoms in total. The maximum atomic E-state index is 13.5. The molecule has 0 aliphatic carbocycles. The number of carbonyl (C=O) groups excluding carboxylic acids is 1. The summed E-state index contributed by atoms with van der Waals surface area (Å²) in [4.78, 5) is 23.0. The highest BCUT2D eigenvalue weighted by molar-refractivity contribution is 6.33. The molecule has 7 heteroatoms. The number of amides is 2. The quantitative estimate of drug-likeness (QED) is 0.781. The Hall–Kier alpha value is -1.82. The van der Waals surface area contributed by atoms with Gasteiger partial charge in [0.1, 0.15) is 11.4 Å². The number of carbonyl (C=O) groups is 2. The van der Waals surface area contributed by atoms with Crippen LogP contribution in [0.2, 0.25) is 5.02 Å². The minimum absolute atomic E-state index is 0.0349. The van der Waals surface area contributed by atoms with E-state index in [0.717, 1.165) is 6.07 Å². The number of benzene rings is 1. The van der Waals surface area contributed by atoms with Crippen LogP contribution in [-0.2, 0) is 4.79 Å². The summed E-state index contributed by atoms with van der Waals surface area (Å²) >= 11 is 5.77. The molecule has 0 aliphatic heterocycles. The number of hydrogen-bond acceptors (Lipinski definition) is 2. The summed E-state index contributed by atoms with van der Waals surface area (Å²) in [6, 6.07) is 3.14. The topological polar surface area (TPSA) is 78.4 Å². The van der Waals surface area contributed by atoms with Gasteiger partial charge in [0.15, 0.2) is 0 Å². The van der Waals surface area contributed by atoms with Gasteiger partial charge in [-0.05, 0) is 25.5 Å². The lowest BCUT2D eigenvalue weighted by atomic mass is 9.97. The summed E-state index contributed by atoms with van der Waals surface area (Å²) in [7, 11) is 0. The molecule has 1 aromatic carbocycles. The number of nitrogens with one attached hydrogen (secondary N) is 2. The maximum absolute atomic E-state index is 13.5. The first kappa shape index (κ1) is 16.2. The van der Waals surface area contributed by atoms with Crippen molar-refractivity contribution in [1.82, 2.24) is 5.32 Å². The summed E-state index contributed by atoms with van der Waals surface area (Å²) in [6.07, 6.45) is 0.824. The van der Waals surface area contributed by atoms with Crippen molar-refractivity contribution in [2.45, 2.75) is 32.2 Å². The average molecular weight is 303 g/mol. The lowest BCUT2D eigenvalue weighted by Gasteiger charge is -2.26. The second-order valence-corrected chi connectivity index (χ2v) is 4.97. The monoisotopic (exact) mass is 302 g/mol. The molecular weight excluding hydrogens is 287 g/mol. The van der Waals surface area contributed by atoms with Crippen molar-refractivity contribution < 1.29 is 19.1 Å². The van der Waals surface area contributed by atoms with E-state index < -0.39 is 23.4 Å². The van der Waals surface area contributed by atoms with E-state index in [1.165, 1.54) is 19.1 Å². The standard InChI is InChI=1S/C13H16ClFN2O3/c1-3-7-13(2,11(18)19)17-12(20)16-10-8(14)5-4-6-9(10)15/h4-6H,3,7H2,1-2H3,(H,18,19)(H2,16,17,20). The molecule has 1 aromatic rings. The Morgan fingerprint density at radius 3 is 2.60 bits per heavy atom. The normalized spacial score (nSPS) is 13.4. The van der Waals surface area contributed by atoms with E-state index in [0.29, 0.717) is 6.42 Å². The fraction of sp³-hybridized carbons (Fsp3) is 0.385. The highest BCUT2D eigenvalue weighted by Gasteiger charge is 2.34. The van der Waals surface area contributed by atoms with Gasteiger partial charge in [-0.25, -0.2) is 14.0 Å². The Morgan fingerprint density at radius 2 is 2.10 bits per heavy atom. The zero-order chi connectivity index (χ0) is 15.3. The molecule has 2 amide bonds. The van der Waals surface area contributed by atoms with Gasteiger partial charge in [0.25, 0.3) is 0 Å². The van der Waals surface area contributed by atoms with E-state index in [1.54, 1.807) is 6.92 Å². The second kappa shape index (κ2) is 6.56. The molecule has 1 atom stereocenters. The SMILES string of the molecule is CCCC(C)(NC(=O)Nc1c(F)cccc1Cl)C(=O)O. The summed E-state index contributed by atoms with van der Waals surface area (Å²) < 4.78 is 13.5. The molecule has 0 saturated carbocycles. The van der Waals surface area contributed by atoms with E-state index >= 15 is 0 Å². The van der Waals surface area contributed by atoms with Crippen LogP contribution in [0.15, 0.2) is 18.2 Å². The van der Waals surface area contributed by atoms with Crippen LogP contribution in [-0.4, -0.2) is 22.6 Å². The molecule has 0 aromatic heterocycles. The highest BCUT2D eigenvalue weighted by atomic mass is 35.5. The Balaban J connectivity index is 2.84. The second-order valence-electron chi connectivity index (χ2n) is 4.56. The van der Waals surface area contributed by atoms with Crippen LogP contribution >= 0.6 is 11.6 Å². The summed E-state index contributed by atoms with van der Waals surface area (Å²) in [6.45, 7) is 3.19. The first-order chi connectivity index (χ1) is 9.30. The van der Waals surface area contributed by atoms with Crippen molar-refractivity contribution in [1.29, 1.82) is 0 Å². The molecule has 0 bridgehead atoms. The predicted molar refractivity (Wildman–Crippen MR) is 74.5 cm³/mol. The number of rotatable bonds is 5. The van der Waals surface area contributed by atoms with Crippen LogP contribution in [0.1, 0.15) is 26.7 Å². The van der Waals surface area contributed by atoms with E-state index in [1.807, 2.05) is 0 Å². The summed E-state index contributed by atoms with van der Waals surface area (Å²) in [5, 5.41) is 13.7. The van der Waals surface area contributed by atoms with Gasteiger partial charge in [-0.15, -0.1) is 0 Å². The van der Waals surface area contributed by atoms with Crippen molar-refractivity contribution in [2.75, 3.05) is 5.32 Å². The molecule has 20 heavy (non-hydrogen) atoms. The largest absolute Gasteiger partial charge is 0.480 e. The van der Waals surface area contributed by atoms with E-state index in [-0.39, 0.29) is 17.1 Å². The lowest BCUT2D eigenvalue weighted by molar-refractivity contribution is -0.143. The van der Waals surface area contributed by atoms with Crippen LogP contribution in [0.5, 0.6) is 0 Å². The van der Waals surface area contributed by atoms with Crippen LogP contribution in [0.25, 0.3) is 0 Å². The maximum Gasteiger partial charge on any atom is 0.329 e. The van der Waals surface area contributed by atoms with Gasteiger partial charge >= 0.3 is 12.0 Å². The molecule has 0 aliphatic rings. The van der Waals surface area contributed by atoms with Gasteiger partial charge in [0.2, 0.25) is 0 Å². The number of hydrogen-bond donors (Lipinski definition) is 3. The molecule has 0 fully saturated rings. The van der Waals surface area contributed by atoms with Crippen molar-refractivity contribution in [3.63, 3.8) is 0 Å². The van der Waals surface area contributed by atoms with E-state index in [2.05, 4.69) is 10.6 Å². The van der Waals surface area contributed by atoms with Crippen LogP contribution in [0, 0.1) is 5.82 Å². The molecule has 110 valence electrons. The number of para-hydroxylation sites is 1. The third-order valence-electron chi connectivity index (χ3n) is 2.81. The number of anilines is 1. The molecule has 3 N–H and O–H groups in total. The van der Waals surface area contributed by atoms with Crippen molar-refractivity contribution in [3.8, 4) is 0 Å². The molecule has 1 rings (SSSR count). The van der Waals surface area contributed by atoms with Gasteiger partial charge in [0.05, 0.1) is 10.7 Å². The van der Waals surface area contributed by atoms with Crippen LogP contribution in [0.3, 0.4) is 0 Å². The Bertz CT molecular complexity index is 504. The van der Waals surface area contributed by atoms with Gasteiger partial charge in [-0.2, -0.15) is 0 Å². The van der Waals surface area contributed by atoms with Crippen LogP contribution in [0.4, 0.5) is 14.9 Å². The number of urea groups is 1. The number of halogens is 2. The zero-order valence-electron chi connectivity index (χ0n) is 11.2. The van der Waals surface area contributed by atoms with Gasteiger partial charge in [0, 0.05) is 0 Å². The predicted octanol–water partition coefficient (Wildman–Crippen LogP) is 3.24. The van der Waals surface area contributed by atoms with E-state index in [4.69, 9.17) is 16.7 Å². The summed E-state index contributed by atoms with van der Waals surface area (Å²) in [5.41, 5.74) is -1.60. The Kier molecular flexibility index (Phi) is 5.33. The number of aliphatic carboxylic acids is 1. The highest BCUT2D eigenvalue weighted by Crippen LogP contribution is 2.24. The third-order valence-corrected chi connectivity index (χ3v) is 3.13. The molecule has 0 saturated heterocycles. The Labute approximate surface area is 121 Å². The fourth-order valence-electron chi connectivity index (χ4n) is 1.74.